The van der Waals surface area contributed by atoms with Gasteiger partial charge in [0, 0.05) is 6.07 Å². The van der Waals surface area contributed by atoms with Crippen LogP contribution >= 0.6 is 0 Å². The van der Waals surface area contributed by atoms with E-state index in [-0.39, 0.29) is 23.0 Å². The van der Waals surface area contributed by atoms with Crippen molar-refractivity contribution in [2.45, 2.75) is 0 Å². The lowest BCUT2D eigenvalue weighted by molar-refractivity contribution is -0.385. The largest absolute Gasteiger partial charge is 0.515 e. The number of carbonyl (C=O) groups is 2. The molecule has 0 heterocycles. The maximum Gasteiger partial charge on any atom is 0.335 e. The van der Waals surface area contributed by atoms with Gasteiger partial charge in [-0.15, -0.1) is 0 Å². The molecular weight excluding hydrogens is 230 g/mol. The Morgan fingerprint density at radius 2 is 2.06 bits per heavy atom. The fourth-order valence-corrected chi connectivity index (χ4v) is 1.22. The monoisotopic (exact) mass is 237 g/mol. The third kappa shape index (κ3) is 2.46. The molecule has 88 valence electrons. The van der Waals surface area contributed by atoms with Gasteiger partial charge in [0.15, 0.2) is 6.29 Å². The van der Waals surface area contributed by atoms with Crippen molar-refractivity contribution in [1.29, 1.82) is 0 Å². The highest BCUT2D eigenvalue weighted by molar-refractivity contribution is 6.08. The van der Waals surface area contributed by atoms with Gasteiger partial charge in [-0.05, 0) is 12.1 Å². The van der Waals surface area contributed by atoms with E-state index in [1.54, 1.807) is 0 Å². The van der Waals surface area contributed by atoms with Gasteiger partial charge in [0.1, 0.15) is 0 Å². The molecule has 0 saturated carbocycles. The van der Waals surface area contributed by atoms with Crippen LogP contribution in [0.15, 0.2) is 24.5 Å². The number of rotatable bonds is 4. The Bertz CT molecular complexity index is 520. The molecule has 1 rings (SSSR count). The average Bonchev–Trinajstić information content (AvgIpc) is 2.30. The van der Waals surface area contributed by atoms with Crippen molar-refractivity contribution in [3.63, 3.8) is 0 Å². The molecule has 2 N–H and O–H groups in total. The molecule has 7 nitrogen and oxygen atoms in total. The second-order valence-corrected chi connectivity index (χ2v) is 3.00. The van der Waals surface area contributed by atoms with Crippen LogP contribution in [0.1, 0.15) is 15.9 Å². The molecule has 0 aliphatic carbocycles. The standard InChI is InChI=1S/C10H7NO6/c12-4-7(5-13)8-2-1-6(10(14)15)3-9(8)11(16)17/h1-5,12H,(H,14,15). The minimum absolute atomic E-state index is 0.141. The molecule has 0 unspecified atom stereocenters. The van der Waals surface area contributed by atoms with Crippen LogP contribution in [0.5, 0.6) is 0 Å². The van der Waals surface area contributed by atoms with Crippen LogP contribution in [-0.2, 0) is 4.79 Å². The van der Waals surface area contributed by atoms with Gasteiger partial charge in [0.25, 0.3) is 5.69 Å². The first-order valence-corrected chi connectivity index (χ1v) is 4.33. The molecule has 0 saturated heterocycles. The Balaban J connectivity index is 3.47. The predicted octanol–water partition coefficient (Wildman–Crippen LogP) is 1.39. The molecule has 0 atom stereocenters. The van der Waals surface area contributed by atoms with Crippen molar-refractivity contribution in [1.82, 2.24) is 0 Å². The van der Waals surface area contributed by atoms with Gasteiger partial charge in [-0.2, -0.15) is 0 Å². The van der Waals surface area contributed by atoms with Crippen LogP contribution in [0.25, 0.3) is 5.57 Å². The van der Waals surface area contributed by atoms with E-state index in [2.05, 4.69) is 0 Å². The van der Waals surface area contributed by atoms with Crippen molar-refractivity contribution in [2.24, 2.45) is 0 Å². The van der Waals surface area contributed by atoms with Crippen LogP contribution in [-0.4, -0.2) is 27.4 Å². The summed E-state index contributed by atoms with van der Waals surface area (Å²) in [4.78, 5) is 31.1. The van der Waals surface area contributed by atoms with Crippen LogP contribution in [0.4, 0.5) is 5.69 Å². The average molecular weight is 237 g/mol. The lowest BCUT2D eigenvalue weighted by Crippen LogP contribution is -2.01. The van der Waals surface area contributed by atoms with Gasteiger partial charge in [0.2, 0.25) is 0 Å². The van der Waals surface area contributed by atoms with E-state index in [4.69, 9.17) is 10.2 Å². The highest BCUT2D eigenvalue weighted by Crippen LogP contribution is 2.26. The zero-order chi connectivity index (χ0) is 13.0. The van der Waals surface area contributed by atoms with E-state index in [0.29, 0.717) is 6.26 Å². The Morgan fingerprint density at radius 1 is 1.41 bits per heavy atom. The molecule has 0 amide bonds. The number of allylic oxidation sites excluding steroid dienone is 1. The number of carboxylic acid groups (broad SMARTS) is 1. The molecule has 0 bridgehead atoms. The number of aliphatic hydroxyl groups is 1. The first-order valence-electron chi connectivity index (χ1n) is 4.33. The molecule has 0 fully saturated rings. The zero-order valence-corrected chi connectivity index (χ0v) is 8.36. The molecule has 0 spiro atoms. The second-order valence-electron chi connectivity index (χ2n) is 3.00. The molecule has 7 heteroatoms. The Kier molecular flexibility index (Phi) is 3.55. The molecule has 1 aromatic carbocycles. The lowest BCUT2D eigenvalue weighted by atomic mass is 10.0. The van der Waals surface area contributed by atoms with E-state index in [1.807, 2.05) is 0 Å². The highest BCUT2D eigenvalue weighted by atomic mass is 16.6. The van der Waals surface area contributed by atoms with Crippen LogP contribution in [0, 0.1) is 10.1 Å². The number of hydrogen-bond acceptors (Lipinski definition) is 5. The summed E-state index contributed by atoms with van der Waals surface area (Å²) in [5, 5.41) is 28.1. The van der Waals surface area contributed by atoms with Gasteiger partial charge in [-0.1, -0.05) is 0 Å². The van der Waals surface area contributed by atoms with Gasteiger partial charge in [-0.25, -0.2) is 4.79 Å². The van der Waals surface area contributed by atoms with E-state index in [9.17, 15) is 19.7 Å². The van der Waals surface area contributed by atoms with Crippen molar-refractivity contribution >= 4 is 23.5 Å². The number of carbonyl (C=O) groups excluding carboxylic acids is 1. The van der Waals surface area contributed by atoms with Crippen molar-refractivity contribution < 1.29 is 24.7 Å². The summed E-state index contributed by atoms with van der Waals surface area (Å²) in [5.41, 5.74) is -1.27. The summed E-state index contributed by atoms with van der Waals surface area (Å²) in [5.74, 6) is -1.32. The fraction of sp³-hybridized carbons (Fsp3) is 0. The van der Waals surface area contributed by atoms with E-state index < -0.39 is 16.6 Å². The number of aldehydes is 1. The summed E-state index contributed by atoms with van der Waals surface area (Å²) < 4.78 is 0. The number of hydrogen-bond donors (Lipinski definition) is 2. The van der Waals surface area contributed by atoms with Gasteiger partial charge >= 0.3 is 5.97 Å². The van der Waals surface area contributed by atoms with Crippen molar-refractivity contribution in [2.75, 3.05) is 0 Å². The molecule has 17 heavy (non-hydrogen) atoms. The summed E-state index contributed by atoms with van der Waals surface area (Å²) in [7, 11) is 0. The smallest absolute Gasteiger partial charge is 0.335 e. The van der Waals surface area contributed by atoms with Gasteiger partial charge in [-0.3, -0.25) is 14.9 Å². The van der Waals surface area contributed by atoms with Crippen LogP contribution < -0.4 is 0 Å². The number of aromatic carboxylic acids is 1. The predicted molar refractivity (Wildman–Crippen MR) is 56.7 cm³/mol. The normalized spacial score (nSPS) is 10.9. The number of aliphatic hydroxyl groups excluding tert-OH is 1. The van der Waals surface area contributed by atoms with Gasteiger partial charge < -0.3 is 10.2 Å². The first-order chi connectivity index (χ1) is 8.01. The zero-order valence-electron chi connectivity index (χ0n) is 8.36. The topological polar surface area (TPSA) is 118 Å². The minimum atomic E-state index is -1.32. The van der Waals surface area contributed by atoms with E-state index in [0.717, 1.165) is 18.2 Å². The Hall–Kier alpha value is -2.70. The Morgan fingerprint density at radius 3 is 2.47 bits per heavy atom. The van der Waals surface area contributed by atoms with Crippen LogP contribution in [0.2, 0.25) is 0 Å². The number of nitro benzene ring substituents is 1. The summed E-state index contributed by atoms with van der Waals surface area (Å²) in [6.07, 6.45) is 0.665. The SMILES string of the molecule is O=CC(=CO)c1ccc(C(=O)O)cc1[N+](=O)[O-]. The summed E-state index contributed by atoms with van der Waals surface area (Å²) in [6.45, 7) is 0. The van der Waals surface area contributed by atoms with E-state index >= 15 is 0 Å². The maximum absolute atomic E-state index is 10.7. The highest BCUT2D eigenvalue weighted by Gasteiger charge is 2.19. The second kappa shape index (κ2) is 4.88. The molecule has 1 aromatic rings. The molecule has 0 aromatic heterocycles. The van der Waals surface area contributed by atoms with Crippen LogP contribution in [0.3, 0.4) is 0 Å². The maximum atomic E-state index is 10.7. The fourth-order valence-electron chi connectivity index (χ4n) is 1.22. The number of carboxylic acids is 1. The third-order valence-corrected chi connectivity index (χ3v) is 2.02. The number of nitro groups is 1. The number of nitrogens with zero attached hydrogens (tertiary/aromatic N) is 1. The summed E-state index contributed by atoms with van der Waals surface area (Å²) in [6, 6.07) is 3.03. The quantitative estimate of drug-likeness (QED) is 0.268. The van der Waals surface area contributed by atoms with Crippen molar-refractivity contribution in [3.8, 4) is 0 Å². The van der Waals surface area contributed by atoms with E-state index in [1.165, 1.54) is 0 Å². The lowest BCUT2D eigenvalue weighted by Gasteiger charge is -2.02. The third-order valence-electron chi connectivity index (χ3n) is 2.02. The molecule has 0 aliphatic rings. The molecule has 0 radical (unpaired) electrons. The first kappa shape index (κ1) is 12.4. The van der Waals surface area contributed by atoms with Gasteiger partial charge in [0.05, 0.1) is 27.9 Å². The van der Waals surface area contributed by atoms with Crippen molar-refractivity contribution in [3.05, 3.63) is 45.7 Å². The number of benzene rings is 1. The molecule has 0 aliphatic heterocycles. The minimum Gasteiger partial charge on any atom is -0.515 e. The molecular formula is C10H7NO6. The Labute approximate surface area is 94.8 Å². The summed E-state index contributed by atoms with van der Waals surface area (Å²) >= 11 is 0.